The van der Waals surface area contributed by atoms with Gasteiger partial charge < -0.3 is 20.9 Å². The van der Waals surface area contributed by atoms with Crippen LogP contribution in [0.1, 0.15) is 29.5 Å². The van der Waals surface area contributed by atoms with E-state index in [0.29, 0.717) is 26.2 Å². The topological polar surface area (TPSA) is 78.7 Å². The molecule has 0 spiro atoms. The number of nitrogens with two attached hydrogens (primary N) is 1. The van der Waals surface area contributed by atoms with Crippen molar-refractivity contribution in [1.82, 2.24) is 10.2 Å². The molecule has 2 aliphatic rings. The largest absolute Gasteiger partial charge is 0.398 e. The van der Waals surface area contributed by atoms with Crippen LogP contribution in [-0.2, 0) is 24.2 Å². The lowest BCUT2D eigenvalue weighted by Crippen LogP contribution is -2.44. The number of hydrogen-bond acceptors (Lipinski definition) is 3. The first-order valence-electron chi connectivity index (χ1n) is 9.91. The number of halogens is 1. The maximum absolute atomic E-state index is 12.7. The standard InChI is InChI=1S/C22H26N4O2.ClH/c23-19-8-3-9-20-18(19)7-4-13-26(20)21(27)10-12-24-22(28)25-14-11-16-5-1-2-6-17(16)15-25;/h1-3,5-6,8-9H,4,7,10-15,23H2,(H,24,28);1H. The molecule has 3 amide bonds. The van der Waals surface area contributed by atoms with E-state index in [1.807, 2.05) is 35.2 Å². The average molecular weight is 415 g/mol. The fourth-order valence-corrected chi connectivity index (χ4v) is 4.10. The highest BCUT2D eigenvalue weighted by Gasteiger charge is 2.24. The Labute approximate surface area is 177 Å². The number of anilines is 2. The zero-order chi connectivity index (χ0) is 19.5. The molecule has 7 heteroatoms. The zero-order valence-corrected chi connectivity index (χ0v) is 17.2. The van der Waals surface area contributed by atoms with Gasteiger partial charge >= 0.3 is 6.03 Å². The van der Waals surface area contributed by atoms with Gasteiger partial charge in [-0.15, -0.1) is 12.4 Å². The molecule has 0 radical (unpaired) electrons. The molecule has 0 aliphatic carbocycles. The van der Waals surface area contributed by atoms with E-state index in [1.165, 1.54) is 11.1 Å². The van der Waals surface area contributed by atoms with Crippen molar-refractivity contribution in [3.05, 3.63) is 59.2 Å². The molecular formula is C22H27ClN4O2. The molecule has 4 rings (SSSR count). The number of nitrogens with one attached hydrogen (secondary N) is 1. The lowest BCUT2D eigenvalue weighted by atomic mass is 9.99. The number of carbonyl (C=O) groups is 2. The molecule has 6 nitrogen and oxygen atoms in total. The van der Waals surface area contributed by atoms with E-state index in [4.69, 9.17) is 5.73 Å². The van der Waals surface area contributed by atoms with Crippen LogP contribution in [0.25, 0.3) is 0 Å². The van der Waals surface area contributed by atoms with E-state index in [-0.39, 0.29) is 30.8 Å². The van der Waals surface area contributed by atoms with Crippen LogP contribution in [0, 0.1) is 0 Å². The Balaban J connectivity index is 0.00000240. The van der Waals surface area contributed by atoms with Crippen molar-refractivity contribution in [2.24, 2.45) is 0 Å². The molecule has 2 heterocycles. The maximum atomic E-state index is 12.7. The minimum Gasteiger partial charge on any atom is -0.398 e. The first-order chi connectivity index (χ1) is 13.6. The molecule has 2 aliphatic heterocycles. The highest BCUT2D eigenvalue weighted by molar-refractivity contribution is 5.95. The SMILES string of the molecule is Cl.Nc1cccc2c1CCCN2C(=O)CCNC(=O)N1CCc2ccccc2C1. The minimum absolute atomic E-state index is 0. The quantitative estimate of drug-likeness (QED) is 0.757. The molecule has 154 valence electrons. The Kier molecular flexibility index (Phi) is 6.64. The molecule has 3 N–H and O–H groups in total. The normalized spacial score (nSPS) is 15.0. The molecule has 0 aromatic heterocycles. The fourth-order valence-electron chi connectivity index (χ4n) is 4.10. The van der Waals surface area contributed by atoms with Gasteiger partial charge in [0.25, 0.3) is 0 Å². The average Bonchev–Trinajstić information content (AvgIpc) is 2.73. The Morgan fingerprint density at radius 1 is 1.00 bits per heavy atom. The van der Waals surface area contributed by atoms with Crippen molar-refractivity contribution in [3.8, 4) is 0 Å². The van der Waals surface area contributed by atoms with E-state index in [1.54, 1.807) is 4.90 Å². The summed E-state index contributed by atoms with van der Waals surface area (Å²) in [6.45, 7) is 2.36. The second kappa shape index (κ2) is 9.18. The number of amides is 3. The number of benzene rings is 2. The molecular weight excluding hydrogens is 388 g/mol. The summed E-state index contributed by atoms with van der Waals surface area (Å²) in [7, 11) is 0. The van der Waals surface area contributed by atoms with Gasteiger partial charge in [-0.3, -0.25) is 4.79 Å². The molecule has 2 aromatic rings. The van der Waals surface area contributed by atoms with E-state index < -0.39 is 0 Å². The molecule has 0 unspecified atom stereocenters. The third kappa shape index (κ3) is 4.48. The number of rotatable bonds is 3. The zero-order valence-electron chi connectivity index (χ0n) is 16.4. The predicted molar refractivity (Wildman–Crippen MR) is 117 cm³/mol. The predicted octanol–water partition coefficient (Wildman–Crippen LogP) is 3.13. The number of hydrogen-bond donors (Lipinski definition) is 2. The number of urea groups is 1. The number of fused-ring (bicyclic) bond motifs is 2. The Hall–Kier alpha value is -2.73. The van der Waals surface area contributed by atoms with E-state index in [9.17, 15) is 9.59 Å². The summed E-state index contributed by atoms with van der Waals surface area (Å²) in [5.74, 6) is 0.0239. The molecule has 2 aromatic carbocycles. The molecule has 0 bridgehead atoms. The van der Waals surface area contributed by atoms with Gasteiger partial charge in [0.15, 0.2) is 0 Å². The monoisotopic (exact) mass is 414 g/mol. The Morgan fingerprint density at radius 3 is 2.62 bits per heavy atom. The molecule has 0 saturated heterocycles. The van der Waals surface area contributed by atoms with Gasteiger partial charge in [-0.25, -0.2) is 4.79 Å². The van der Waals surface area contributed by atoms with Crippen LogP contribution < -0.4 is 16.0 Å². The van der Waals surface area contributed by atoms with Crippen LogP contribution in [0.2, 0.25) is 0 Å². The van der Waals surface area contributed by atoms with Crippen LogP contribution in [-0.4, -0.2) is 36.5 Å². The molecule has 29 heavy (non-hydrogen) atoms. The van der Waals surface area contributed by atoms with E-state index >= 15 is 0 Å². The van der Waals surface area contributed by atoms with E-state index in [0.717, 1.165) is 36.2 Å². The molecule has 0 atom stereocenters. The lowest BCUT2D eigenvalue weighted by Gasteiger charge is -2.31. The van der Waals surface area contributed by atoms with Gasteiger partial charge in [-0.1, -0.05) is 30.3 Å². The second-order valence-corrected chi connectivity index (χ2v) is 7.42. The summed E-state index contributed by atoms with van der Waals surface area (Å²) in [6.07, 6.45) is 2.96. The number of nitrogen functional groups attached to an aromatic ring is 1. The van der Waals surface area contributed by atoms with Crippen molar-refractivity contribution in [2.75, 3.05) is 30.3 Å². The smallest absolute Gasteiger partial charge is 0.317 e. The van der Waals surface area contributed by atoms with Crippen molar-refractivity contribution in [3.63, 3.8) is 0 Å². The van der Waals surface area contributed by atoms with Gasteiger partial charge in [0.1, 0.15) is 0 Å². The van der Waals surface area contributed by atoms with Crippen LogP contribution in [0.15, 0.2) is 42.5 Å². The third-order valence-electron chi connectivity index (χ3n) is 5.62. The first-order valence-corrected chi connectivity index (χ1v) is 9.91. The van der Waals surface area contributed by atoms with Crippen LogP contribution in [0.3, 0.4) is 0 Å². The summed E-state index contributed by atoms with van der Waals surface area (Å²) in [5.41, 5.74) is 11.3. The summed E-state index contributed by atoms with van der Waals surface area (Å²) >= 11 is 0. The summed E-state index contributed by atoms with van der Waals surface area (Å²) in [6, 6.07) is 13.8. The van der Waals surface area contributed by atoms with Crippen LogP contribution in [0.4, 0.5) is 16.2 Å². The van der Waals surface area contributed by atoms with Gasteiger partial charge in [-0.05, 0) is 48.1 Å². The van der Waals surface area contributed by atoms with Crippen molar-refractivity contribution < 1.29 is 9.59 Å². The first kappa shape index (κ1) is 21.0. The Morgan fingerprint density at radius 2 is 1.79 bits per heavy atom. The van der Waals surface area contributed by atoms with Crippen LogP contribution >= 0.6 is 12.4 Å². The minimum atomic E-state index is -0.106. The van der Waals surface area contributed by atoms with Gasteiger partial charge in [-0.2, -0.15) is 0 Å². The van der Waals surface area contributed by atoms with E-state index in [2.05, 4.69) is 17.4 Å². The van der Waals surface area contributed by atoms with Crippen molar-refractivity contribution >= 4 is 35.7 Å². The molecule has 0 fully saturated rings. The van der Waals surface area contributed by atoms with Crippen LogP contribution in [0.5, 0.6) is 0 Å². The third-order valence-corrected chi connectivity index (χ3v) is 5.62. The van der Waals surface area contributed by atoms with Gasteiger partial charge in [0, 0.05) is 44.0 Å². The molecule has 0 saturated carbocycles. The lowest BCUT2D eigenvalue weighted by molar-refractivity contribution is -0.118. The summed E-state index contributed by atoms with van der Waals surface area (Å²) < 4.78 is 0. The highest BCUT2D eigenvalue weighted by Crippen LogP contribution is 2.31. The number of nitrogens with zero attached hydrogens (tertiary/aromatic N) is 2. The Bertz CT molecular complexity index is 902. The van der Waals surface area contributed by atoms with Gasteiger partial charge in [0.05, 0.1) is 0 Å². The second-order valence-electron chi connectivity index (χ2n) is 7.42. The van der Waals surface area contributed by atoms with Crippen molar-refractivity contribution in [2.45, 2.75) is 32.2 Å². The maximum Gasteiger partial charge on any atom is 0.317 e. The number of carbonyl (C=O) groups excluding carboxylic acids is 2. The van der Waals surface area contributed by atoms with Crippen molar-refractivity contribution in [1.29, 1.82) is 0 Å². The summed E-state index contributed by atoms with van der Waals surface area (Å²) in [4.78, 5) is 28.8. The summed E-state index contributed by atoms with van der Waals surface area (Å²) in [5, 5.41) is 2.90. The highest BCUT2D eigenvalue weighted by atomic mass is 35.5. The van der Waals surface area contributed by atoms with Gasteiger partial charge in [0.2, 0.25) is 5.91 Å². The fraction of sp³-hybridized carbons (Fsp3) is 0.364.